The molecule has 2 aromatic carbocycles. The maximum Gasteiger partial charge on any atom is 0.355 e. The second-order valence-electron chi connectivity index (χ2n) is 10.1. The fraction of sp³-hybridized carbons (Fsp3) is 0.290. The lowest BCUT2D eigenvalue weighted by molar-refractivity contribution is -0.126. The number of amides is 1. The van der Waals surface area contributed by atoms with Gasteiger partial charge in [0, 0.05) is 36.8 Å². The van der Waals surface area contributed by atoms with Crippen LogP contribution in [0.1, 0.15) is 31.4 Å². The second-order valence-corrected chi connectivity index (χ2v) is 10.5. The minimum Gasteiger partial charge on any atom is -0.392 e. The van der Waals surface area contributed by atoms with Gasteiger partial charge in [-0.2, -0.15) is 4.98 Å². The number of aliphatic hydroxyl groups excluding tert-OH is 1. The minimum absolute atomic E-state index is 0.159. The molecule has 1 amide bonds. The first-order chi connectivity index (χ1) is 19.8. The Bertz CT molecular complexity index is 1710. The highest BCUT2D eigenvalue weighted by Gasteiger charge is 2.30. The van der Waals surface area contributed by atoms with E-state index in [9.17, 15) is 19.1 Å². The Morgan fingerprint density at radius 3 is 2.61 bits per heavy atom. The largest absolute Gasteiger partial charge is 0.392 e. The molecule has 0 aliphatic carbocycles. The Kier molecular flexibility index (Phi) is 8.19. The van der Waals surface area contributed by atoms with Crippen LogP contribution in [-0.2, 0) is 17.8 Å². The lowest BCUT2D eigenvalue weighted by atomic mass is 10.0. The number of carbonyl (C=O) groups is 1. The van der Waals surface area contributed by atoms with Crippen molar-refractivity contribution >= 4 is 34.4 Å². The smallest absolute Gasteiger partial charge is 0.355 e. The molecule has 212 valence electrons. The maximum atomic E-state index is 14.9. The Balaban J connectivity index is 1.81. The molecule has 1 saturated heterocycles. The summed E-state index contributed by atoms with van der Waals surface area (Å²) < 4.78 is 16.3. The van der Waals surface area contributed by atoms with Crippen LogP contribution in [-0.4, -0.2) is 56.1 Å². The number of nitrogens with zero attached hydrogens (tertiary/aromatic N) is 5. The highest BCUT2D eigenvalue weighted by Crippen LogP contribution is 2.36. The van der Waals surface area contributed by atoms with Crippen LogP contribution in [0.5, 0.6) is 0 Å². The van der Waals surface area contributed by atoms with Gasteiger partial charge in [0.05, 0.1) is 28.4 Å². The number of anilines is 1. The van der Waals surface area contributed by atoms with E-state index in [2.05, 4.69) is 11.6 Å². The van der Waals surface area contributed by atoms with Crippen LogP contribution in [0.3, 0.4) is 0 Å². The molecule has 5 rings (SSSR count). The van der Waals surface area contributed by atoms with Crippen molar-refractivity contribution in [1.29, 1.82) is 0 Å². The van der Waals surface area contributed by atoms with E-state index in [1.807, 2.05) is 30.9 Å². The molecular weight excluding hydrogens is 545 g/mol. The lowest BCUT2D eigenvalue weighted by Crippen LogP contribution is -2.54. The van der Waals surface area contributed by atoms with Gasteiger partial charge < -0.3 is 14.9 Å². The third kappa shape index (κ3) is 5.23. The van der Waals surface area contributed by atoms with E-state index in [4.69, 9.17) is 16.6 Å². The number of para-hydroxylation sites is 1. The predicted octanol–water partition coefficient (Wildman–Crippen LogP) is 4.91. The van der Waals surface area contributed by atoms with E-state index in [0.29, 0.717) is 48.5 Å². The van der Waals surface area contributed by atoms with Crippen molar-refractivity contribution in [2.24, 2.45) is 0 Å². The highest BCUT2D eigenvalue weighted by molar-refractivity contribution is 6.33. The normalized spacial score (nSPS) is 15.4. The molecule has 0 radical (unpaired) electrons. The summed E-state index contributed by atoms with van der Waals surface area (Å²) in [7, 11) is 0. The molecule has 1 fully saturated rings. The van der Waals surface area contributed by atoms with Crippen LogP contribution in [0, 0.1) is 5.82 Å². The molecule has 1 aliphatic rings. The topological polar surface area (TPSA) is 91.6 Å². The van der Waals surface area contributed by atoms with Gasteiger partial charge in [0.25, 0.3) is 0 Å². The first-order valence-corrected chi connectivity index (χ1v) is 13.9. The van der Waals surface area contributed by atoms with E-state index < -0.39 is 11.5 Å². The van der Waals surface area contributed by atoms with Crippen molar-refractivity contribution in [3.8, 4) is 16.9 Å². The number of aliphatic hydroxyl groups is 1. The van der Waals surface area contributed by atoms with Crippen molar-refractivity contribution < 1.29 is 14.3 Å². The molecule has 0 spiro atoms. The summed E-state index contributed by atoms with van der Waals surface area (Å²) in [6, 6.07) is 13.2. The van der Waals surface area contributed by atoms with E-state index in [1.54, 1.807) is 35.2 Å². The lowest BCUT2D eigenvalue weighted by Gasteiger charge is -2.40. The first kappa shape index (κ1) is 28.4. The summed E-state index contributed by atoms with van der Waals surface area (Å²) in [5.41, 5.74) is 1.96. The van der Waals surface area contributed by atoms with Crippen molar-refractivity contribution in [2.75, 3.05) is 24.5 Å². The fourth-order valence-electron chi connectivity index (χ4n) is 5.50. The van der Waals surface area contributed by atoms with E-state index in [0.717, 1.165) is 12.0 Å². The summed E-state index contributed by atoms with van der Waals surface area (Å²) in [5.74, 6) is -0.274. The summed E-state index contributed by atoms with van der Waals surface area (Å²) in [4.78, 5) is 39.2. The van der Waals surface area contributed by atoms with Crippen molar-refractivity contribution in [3.63, 3.8) is 0 Å². The van der Waals surface area contributed by atoms with Gasteiger partial charge in [-0.15, -0.1) is 0 Å². The van der Waals surface area contributed by atoms with Crippen LogP contribution in [0.15, 0.2) is 66.0 Å². The predicted molar refractivity (Wildman–Crippen MR) is 159 cm³/mol. The zero-order valence-corrected chi connectivity index (χ0v) is 23.7. The molecule has 0 saturated carbocycles. The number of benzene rings is 2. The number of piperazine rings is 1. The van der Waals surface area contributed by atoms with E-state index in [-0.39, 0.29) is 40.5 Å². The quantitative estimate of drug-likeness (QED) is 0.315. The Labute approximate surface area is 242 Å². The van der Waals surface area contributed by atoms with Crippen molar-refractivity contribution in [3.05, 3.63) is 93.6 Å². The van der Waals surface area contributed by atoms with Gasteiger partial charge in [-0.05, 0) is 43.2 Å². The molecule has 2 aromatic heterocycles. The van der Waals surface area contributed by atoms with Gasteiger partial charge in [0.2, 0.25) is 5.91 Å². The average Bonchev–Trinajstić information content (AvgIpc) is 2.97. The molecule has 1 atom stereocenters. The highest BCUT2D eigenvalue weighted by atomic mass is 35.5. The fourth-order valence-corrected chi connectivity index (χ4v) is 5.75. The van der Waals surface area contributed by atoms with Crippen LogP contribution < -0.4 is 10.6 Å². The van der Waals surface area contributed by atoms with Gasteiger partial charge in [0.1, 0.15) is 11.6 Å². The number of aryl methyl sites for hydroxylation is 1. The number of halogens is 2. The zero-order chi connectivity index (χ0) is 29.3. The molecule has 3 heterocycles. The number of aromatic nitrogens is 3. The van der Waals surface area contributed by atoms with Crippen LogP contribution in [0.4, 0.5) is 10.2 Å². The average molecular weight is 576 g/mol. The molecule has 41 heavy (non-hydrogen) atoms. The number of hydrogen-bond donors (Lipinski definition) is 1. The number of carbonyl (C=O) groups excluding carboxylic acids is 1. The SMILES string of the molecule is C=CC(=O)N1CCN(c2nc(=O)n(-c3c(CO)cccc3CCC)c3nc(-c4ccccc4F)c(Cl)cc23)[C@@H](C)C1. The van der Waals surface area contributed by atoms with E-state index in [1.165, 1.54) is 16.7 Å². The molecule has 1 aliphatic heterocycles. The van der Waals surface area contributed by atoms with Gasteiger partial charge in [-0.25, -0.2) is 18.7 Å². The minimum atomic E-state index is -0.586. The second kappa shape index (κ2) is 11.8. The molecule has 0 unspecified atom stereocenters. The van der Waals surface area contributed by atoms with Crippen LogP contribution in [0.2, 0.25) is 5.02 Å². The number of hydrogen-bond acceptors (Lipinski definition) is 6. The molecular formula is C31H31ClFN5O3. The van der Waals surface area contributed by atoms with Gasteiger partial charge in [-0.3, -0.25) is 4.79 Å². The first-order valence-electron chi connectivity index (χ1n) is 13.6. The van der Waals surface area contributed by atoms with Crippen molar-refractivity contribution in [1.82, 2.24) is 19.4 Å². The monoisotopic (exact) mass is 575 g/mol. The molecule has 8 nitrogen and oxygen atoms in total. The number of rotatable bonds is 7. The summed E-state index contributed by atoms with van der Waals surface area (Å²) in [6.07, 6.45) is 2.76. The number of fused-ring (bicyclic) bond motifs is 1. The Morgan fingerprint density at radius 1 is 1.17 bits per heavy atom. The number of pyridine rings is 1. The third-order valence-corrected chi connectivity index (χ3v) is 7.72. The van der Waals surface area contributed by atoms with Crippen molar-refractivity contribution in [2.45, 2.75) is 39.3 Å². The van der Waals surface area contributed by atoms with Gasteiger partial charge in [-0.1, -0.05) is 61.9 Å². The Hall–Kier alpha value is -4.08. The maximum absolute atomic E-state index is 14.9. The standard InChI is InChI=1S/C31H31ClFN5O3/c1-4-9-20-10-8-11-21(18-39)28(20)38-30-23(16-24(32)27(34-30)22-12-6-7-13-25(22)33)29(35-31(38)41)37-15-14-36(17-19(37)3)26(40)5-2/h5-8,10-13,16,19,39H,2,4,9,14-15,17-18H2,1,3H3/t19-/m0/s1. The van der Waals surface area contributed by atoms with Gasteiger partial charge in [0.15, 0.2) is 5.65 Å². The van der Waals surface area contributed by atoms with Crippen LogP contribution in [0.25, 0.3) is 28.0 Å². The summed E-state index contributed by atoms with van der Waals surface area (Å²) in [5, 5.41) is 11.0. The molecule has 1 N–H and O–H groups in total. The van der Waals surface area contributed by atoms with E-state index >= 15 is 0 Å². The zero-order valence-electron chi connectivity index (χ0n) is 23.0. The molecule has 0 bridgehead atoms. The molecule has 10 heteroatoms. The third-order valence-electron chi connectivity index (χ3n) is 7.43. The Morgan fingerprint density at radius 2 is 1.93 bits per heavy atom. The van der Waals surface area contributed by atoms with Crippen LogP contribution >= 0.6 is 11.6 Å². The van der Waals surface area contributed by atoms with Gasteiger partial charge >= 0.3 is 5.69 Å². The summed E-state index contributed by atoms with van der Waals surface area (Å²) in [6.45, 7) is 8.53. The summed E-state index contributed by atoms with van der Waals surface area (Å²) >= 11 is 6.75. The molecule has 4 aromatic rings.